The van der Waals surface area contributed by atoms with Crippen molar-refractivity contribution >= 4 is 29.3 Å². The van der Waals surface area contributed by atoms with E-state index in [1.54, 1.807) is 43.0 Å². The predicted octanol–water partition coefficient (Wildman–Crippen LogP) is 3.46. The largest absolute Gasteiger partial charge is 0.366 e. The van der Waals surface area contributed by atoms with Crippen LogP contribution in [0.15, 0.2) is 47.4 Å². The zero-order valence-electron chi connectivity index (χ0n) is 12.6. The van der Waals surface area contributed by atoms with E-state index in [0.717, 1.165) is 10.6 Å². The smallest absolute Gasteiger partial charge is 0.256 e. The zero-order valence-corrected chi connectivity index (χ0v) is 13.4. The van der Waals surface area contributed by atoms with E-state index < -0.39 is 5.91 Å². The number of carbonyl (C=O) groups is 2. The lowest BCUT2D eigenvalue weighted by molar-refractivity contribution is 0.0995. The van der Waals surface area contributed by atoms with Gasteiger partial charge in [-0.2, -0.15) is 0 Å². The van der Waals surface area contributed by atoms with Gasteiger partial charge in [-0.25, -0.2) is 0 Å². The number of nitrogens with one attached hydrogen (secondary N) is 1. The minimum Gasteiger partial charge on any atom is -0.366 e. The molecule has 3 N–H and O–H groups in total. The number of nitrogens with two attached hydrogens (primary N) is 1. The Labute approximate surface area is 134 Å². The Hall–Kier alpha value is -2.27. The van der Waals surface area contributed by atoms with E-state index in [2.05, 4.69) is 5.32 Å². The van der Waals surface area contributed by atoms with Crippen LogP contribution >= 0.6 is 11.8 Å². The van der Waals surface area contributed by atoms with Crippen molar-refractivity contribution < 1.29 is 9.59 Å². The van der Waals surface area contributed by atoms with Gasteiger partial charge in [0.2, 0.25) is 5.91 Å². The molecule has 0 aliphatic carbocycles. The fraction of sp³-hybridized carbons (Fsp3) is 0.176. The van der Waals surface area contributed by atoms with Gasteiger partial charge >= 0.3 is 0 Å². The topological polar surface area (TPSA) is 72.2 Å². The third-order valence-corrected chi connectivity index (χ3v) is 4.23. The maximum atomic E-state index is 12.5. The number of rotatable bonds is 5. The van der Waals surface area contributed by atoms with Crippen LogP contribution in [0, 0.1) is 6.92 Å². The van der Waals surface area contributed by atoms with Crippen LogP contribution in [-0.2, 0) is 0 Å². The summed E-state index contributed by atoms with van der Waals surface area (Å²) in [7, 11) is 0. The highest BCUT2D eigenvalue weighted by Gasteiger charge is 2.14. The fourth-order valence-electron chi connectivity index (χ4n) is 2.16. The van der Waals surface area contributed by atoms with Crippen molar-refractivity contribution in [3.63, 3.8) is 0 Å². The Morgan fingerprint density at radius 3 is 2.45 bits per heavy atom. The van der Waals surface area contributed by atoms with E-state index in [4.69, 9.17) is 5.73 Å². The van der Waals surface area contributed by atoms with Crippen LogP contribution in [0.5, 0.6) is 0 Å². The molecule has 0 saturated heterocycles. The lowest BCUT2D eigenvalue weighted by Crippen LogP contribution is -2.17. The average Bonchev–Trinajstić information content (AvgIpc) is 2.50. The molecular formula is C17H18N2O2S. The van der Waals surface area contributed by atoms with Crippen molar-refractivity contribution in [2.75, 3.05) is 11.1 Å². The molecule has 0 heterocycles. The van der Waals surface area contributed by atoms with Gasteiger partial charge in [-0.05, 0) is 42.5 Å². The molecule has 0 unspecified atom stereocenters. The Bertz CT molecular complexity index is 714. The number of benzene rings is 2. The molecule has 0 atom stereocenters. The van der Waals surface area contributed by atoms with Crippen LogP contribution in [-0.4, -0.2) is 17.6 Å². The number of hydrogen-bond donors (Lipinski definition) is 2. The molecule has 2 rings (SSSR count). The van der Waals surface area contributed by atoms with Gasteiger partial charge in [-0.1, -0.05) is 25.1 Å². The van der Waals surface area contributed by atoms with Crippen LogP contribution in [0.4, 0.5) is 5.69 Å². The Morgan fingerprint density at radius 2 is 1.77 bits per heavy atom. The van der Waals surface area contributed by atoms with Gasteiger partial charge in [-0.15, -0.1) is 11.8 Å². The fourth-order valence-corrected chi connectivity index (χ4v) is 2.97. The van der Waals surface area contributed by atoms with Crippen molar-refractivity contribution in [2.24, 2.45) is 5.73 Å². The van der Waals surface area contributed by atoms with Gasteiger partial charge in [0.15, 0.2) is 0 Å². The van der Waals surface area contributed by atoms with Gasteiger partial charge in [0, 0.05) is 16.1 Å². The highest BCUT2D eigenvalue weighted by atomic mass is 32.2. The maximum Gasteiger partial charge on any atom is 0.256 e. The van der Waals surface area contributed by atoms with Crippen molar-refractivity contribution in [1.82, 2.24) is 0 Å². The van der Waals surface area contributed by atoms with Gasteiger partial charge in [0.05, 0.1) is 5.56 Å². The van der Waals surface area contributed by atoms with E-state index in [0.29, 0.717) is 22.4 Å². The lowest BCUT2D eigenvalue weighted by atomic mass is 10.1. The molecule has 0 aliphatic rings. The highest BCUT2D eigenvalue weighted by Crippen LogP contribution is 2.24. The summed E-state index contributed by atoms with van der Waals surface area (Å²) < 4.78 is 0. The molecule has 0 aromatic heterocycles. The van der Waals surface area contributed by atoms with Gasteiger partial charge in [0.1, 0.15) is 0 Å². The summed E-state index contributed by atoms with van der Waals surface area (Å²) in [5.74, 6) is 0.192. The first-order valence-electron chi connectivity index (χ1n) is 6.97. The normalized spacial score (nSPS) is 10.3. The molecule has 0 spiro atoms. The molecule has 0 bridgehead atoms. The highest BCUT2D eigenvalue weighted by molar-refractivity contribution is 7.99. The third kappa shape index (κ3) is 3.49. The minimum absolute atomic E-state index is 0.193. The summed E-state index contributed by atoms with van der Waals surface area (Å²) >= 11 is 1.62. The predicted molar refractivity (Wildman–Crippen MR) is 90.5 cm³/mol. The number of amides is 2. The molecule has 22 heavy (non-hydrogen) atoms. The number of primary amides is 1. The van der Waals surface area contributed by atoms with Crippen LogP contribution in [0.25, 0.3) is 0 Å². The monoisotopic (exact) mass is 314 g/mol. The molecular weight excluding hydrogens is 296 g/mol. The van der Waals surface area contributed by atoms with Gasteiger partial charge in [-0.3, -0.25) is 9.59 Å². The van der Waals surface area contributed by atoms with Crippen LogP contribution in [0.3, 0.4) is 0 Å². The van der Waals surface area contributed by atoms with Crippen LogP contribution < -0.4 is 11.1 Å². The summed E-state index contributed by atoms with van der Waals surface area (Å²) in [6, 6.07) is 12.6. The van der Waals surface area contributed by atoms with Crippen molar-refractivity contribution in [3.05, 3.63) is 59.2 Å². The SMILES string of the molecule is CCSc1ccccc1C(=O)Nc1cccc(C(N)=O)c1C. The molecule has 114 valence electrons. The molecule has 0 radical (unpaired) electrons. The molecule has 0 aliphatic heterocycles. The van der Waals surface area contributed by atoms with E-state index in [1.165, 1.54) is 0 Å². The number of anilines is 1. The van der Waals surface area contributed by atoms with Crippen LogP contribution in [0.2, 0.25) is 0 Å². The maximum absolute atomic E-state index is 12.5. The van der Waals surface area contributed by atoms with Gasteiger partial charge < -0.3 is 11.1 Å². The zero-order chi connectivity index (χ0) is 16.1. The second kappa shape index (κ2) is 7.13. The summed E-state index contributed by atoms with van der Waals surface area (Å²) in [4.78, 5) is 24.8. The Balaban J connectivity index is 2.30. The van der Waals surface area contributed by atoms with Crippen molar-refractivity contribution in [2.45, 2.75) is 18.7 Å². The number of hydrogen-bond acceptors (Lipinski definition) is 3. The summed E-state index contributed by atoms with van der Waals surface area (Å²) in [6.07, 6.45) is 0. The summed E-state index contributed by atoms with van der Waals surface area (Å²) in [6.45, 7) is 3.81. The van der Waals surface area contributed by atoms with Gasteiger partial charge in [0.25, 0.3) is 5.91 Å². The van der Waals surface area contributed by atoms with E-state index in [9.17, 15) is 9.59 Å². The van der Waals surface area contributed by atoms with Crippen molar-refractivity contribution in [3.8, 4) is 0 Å². The molecule has 5 heteroatoms. The standard InChI is InChI=1S/C17H18N2O2S/c1-3-22-15-10-5-4-7-13(15)17(21)19-14-9-6-8-12(11(14)2)16(18)20/h4-10H,3H2,1-2H3,(H2,18,20)(H,19,21). The van der Waals surface area contributed by atoms with Crippen LogP contribution in [0.1, 0.15) is 33.2 Å². The summed E-state index contributed by atoms with van der Waals surface area (Å²) in [5, 5.41) is 2.86. The first-order valence-corrected chi connectivity index (χ1v) is 7.95. The quantitative estimate of drug-likeness (QED) is 0.830. The molecule has 4 nitrogen and oxygen atoms in total. The number of thioether (sulfide) groups is 1. The minimum atomic E-state index is -0.504. The Kier molecular flexibility index (Phi) is 5.22. The summed E-state index contributed by atoms with van der Waals surface area (Å²) in [5.41, 5.74) is 7.63. The third-order valence-electron chi connectivity index (χ3n) is 3.28. The molecule has 2 amide bonds. The van der Waals surface area contributed by atoms with E-state index in [1.807, 2.05) is 25.1 Å². The second-order valence-electron chi connectivity index (χ2n) is 4.73. The Morgan fingerprint density at radius 1 is 1.09 bits per heavy atom. The lowest BCUT2D eigenvalue weighted by Gasteiger charge is -2.12. The second-order valence-corrected chi connectivity index (χ2v) is 6.03. The van der Waals surface area contributed by atoms with Crippen molar-refractivity contribution in [1.29, 1.82) is 0 Å². The first kappa shape index (κ1) is 16.1. The van der Waals surface area contributed by atoms with E-state index in [-0.39, 0.29) is 5.91 Å². The number of carbonyl (C=O) groups excluding carboxylic acids is 2. The average molecular weight is 314 g/mol. The molecule has 0 saturated carbocycles. The van der Waals surface area contributed by atoms with E-state index >= 15 is 0 Å². The molecule has 2 aromatic rings. The molecule has 2 aromatic carbocycles. The first-order chi connectivity index (χ1) is 10.5. The molecule has 0 fully saturated rings.